The molecule has 0 saturated heterocycles. The van der Waals surface area contributed by atoms with Crippen LogP contribution in [0.1, 0.15) is 44.0 Å². The number of hydrogen-bond acceptors (Lipinski definition) is 3. The Bertz CT molecular complexity index is 465. The van der Waals surface area contributed by atoms with Crippen molar-refractivity contribution in [3.63, 3.8) is 0 Å². The Morgan fingerprint density at radius 2 is 1.59 bits per heavy atom. The van der Waals surface area contributed by atoms with Crippen molar-refractivity contribution in [3.05, 3.63) is 29.8 Å². The lowest BCUT2D eigenvalue weighted by Crippen LogP contribution is -2.32. The molecule has 0 fully saturated rings. The van der Waals surface area contributed by atoms with E-state index in [1.54, 1.807) is 24.3 Å². The fourth-order valence-corrected chi connectivity index (χ4v) is 2.18. The zero-order chi connectivity index (χ0) is 16.4. The van der Waals surface area contributed by atoms with E-state index in [9.17, 15) is 9.59 Å². The predicted octanol–water partition coefficient (Wildman–Crippen LogP) is 2.50. The lowest BCUT2D eigenvalue weighted by molar-refractivity contribution is -0.115. The van der Waals surface area contributed by atoms with Crippen LogP contribution in [-0.4, -0.2) is 42.9 Å². The van der Waals surface area contributed by atoms with Crippen molar-refractivity contribution in [1.82, 2.24) is 10.2 Å². The quantitative estimate of drug-likeness (QED) is 0.737. The second kappa shape index (κ2) is 9.95. The second-order valence-electron chi connectivity index (χ2n) is 5.20. The Hall–Kier alpha value is -1.88. The van der Waals surface area contributed by atoms with E-state index in [1.165, 1.54) is 0 Å². The largest absolute Gasteiger partial charge is 0.339 e. The van der Waals surface area contributed by atoms with Crippen LogP contribution >= 0.6 is 0 Å². The van der Waals surface area contributed by atoms with Crippen LogP contribution < -0.4 is 10.6 Å². The van der Waals surface area contributed by atoms with Gasteiger partial charge in [0.1, 0.15) is 0 Å². The molecule has 2 amide bonds. The topological polar surface area (TPSA) is 61.4 Å². The minimum Gasteiger partial charge on any atom is -0.339 e. The van der Waals surface area contributed by atoms with Crippen molar-refractivity contribution < 1.29 is 9.59 Å². The van der Waals surface area contributed by atoms with Crippen LogP contribution in [-0.2, 0) is 4.79 Å². The Kier molecular flexibility index (Phi) is 8.22. The van der Waals surface area contributed by atoms with Gasteiger partial charge < -0.3 is 15.5 Å². The minimum absolute atomic E-state index is 0.0502. The summed E-state index contributed by atoms with van der Waals surface area (Å²) in [7, 11) is 0. The van der Waals surface area contributed by atoms with E-state index in [-0.39, 0.29) is 18.4 Å². The first-order valence-electron chi connectivity index (χ1n) is 8.02. The van der Waals surface area contributed by atoms with E-state index in [1.807, 2.05) is 11.8 Å². The van der Waals surface area contributed by atoms with Gasteiger partial charge in [0.05, 0.1) is 6.54 Å². The maximum Gasteiger partial charge on any atom is 0.253 e. The Morgan fingerprint density at radius 3 is 2.09 bits per heavy atom. The third-order valence-electron chi connectivity index (χ3n) is 3.23. The lowest BCUT2D eigenvalue weighted by atomic mass is 10.1. The van der Waals surface area contributed by atoms with E-state index < -0.39 is 0 Å². The van der Waals surface area contributed by atoms with Crippen LogP contribution in [0.15, 0.2) is 24.3 Å². The number of nitrogens with one attached hydrogen (secondary N) is 2. The molecule has 0 heterocycles. The molecule has 0 aliphatic heterocycles. The number of nitrogens with zero attached hydrogens (tertiary/aromatic N) is 1. The maximum absolute atomic E-state index is 12.4. The van der Waals surface area contributed by atoms with Gasteiger partial charge in [-0.05, 0) is 43.7 Å². The van der Waals surface area contributed by atoms with Gasteiger partial charge in [0.15, 0.2) is 0 Å². The number of amides is 2. The number of likely N-dealkylation sites (N-methyl/N-ethyl adjacent to an activating group) is 1. The van der Waals surface area contributed by atoms with Crippen LogP contribution in [0.3, 0.4) is 0 Å². The molecule has 0 atom stereocenters. The summed E-state index contributed by atoms with van der Waals surface area (Å²) in [5.74, 6) is -0.0336. The predicted molar refractivity (Wildman–Crippen MR) is 90.1 cm³/mol. The van der Waals surface area contributed by atoms with Gasteiger partial charge in [0.25, 0.3) is 5.91 Å². The van der Waals surface area contributed by atoms with E-state index in [2.05, 4.69) is 24.5 Å². The summed E-state index contributed by atoms with van der Waals surface area (Å²) in [5, 5.41) is 5.76. The number of rotatable bonds is 9. The molecule has 0 aromatic heterocycles. The SMILES string of the molecule is CCCN(CCC)C(=O)c1ccc(NC(=O)CNCC)cc1. The summed E-state index contributed by atoms with van der Waals surface area (Å²) in [6.45, 7) is 8.68. The summed E-state index contributed by atoms with van der Waals surface area (Å²) >= 11 is 0. The molecule has 1 aromatic rings. The second-order valence-corrected chi connectivity index (χ2v) is 5.20. The fourth-order valence-electron chi connectivity index (χ4n) is 2.18. The van der Waals surface area contributed by atoms with E-state index >= 15 is 0 Å². The van der Waals surface area contributed by atoms with Crippen molar-refractivity contribution in [2.75, 3.05) is 31.5 Å². The van der Waals surface area contributed by atoms with Crippen molar-refractivity contribution >= 4 is 17.5 Å². The molecule has 5 nitrogen and oxygen atoms in total. The van der Waals surface area contributed by atoms with Gasteiger partial charge >= 0.3 is 0 Å². The Labute approximate surface area is 133 Å². The Morgan fingerprint density at radius 1 is 1.00 bits per heavy atom. The summed E-state index contributed by atoms with van der Waals surface area (Å²) in [6.07, 6.45) is 1.90. The maximum atomic E-state index is 12.4. The third kappa shape index (κ3) is 5.85. The highest BCUT2D eigenvalue weighted by atomic mass is 16.2. The van der Waals surface area contributed by atoms with E-state index in [4.69, 9.17) is 0 Å². The average molecular weight is 305 g/mol. The first kappa shape index (κ1) is 18.2. The van der Waals surface area contributed by atoms with Crippen molar-refractivity contribution in [3.8, 4) is 0 Å². The van der Waals surface area contributed by atoms with Gasteiger partial charge in [-0.25, -0.2) is 0 Å². The number of carbonyl (C=O) groups excluding carboxylic acids is 2. The monoisotopic (exact) mass is 305 g/mol. The standard InChI is InChI=1S/C17H27N3O2/c1-4-11-20(12-5-2)17(22)14-7-9-15(10-8-14)19-16(21)13-18-6-3/h7-10,18H,4-6,11-13H2,1-3H3,(H,19,21). The molecular weight excluding hydrogens is 278 g/mol. The van der Waals surface area contributed by atoms with Crippen LogP contribution in [0.25, 0.3) is 0 Å². The van der Waals surface area contributed by atoms with Crippen molar-refractivity contribution in [2.24, 2.45) is 0 Å². The molecule has 22 heavy (non-hydrogen) atoms. The highest BCUT2D eigenvalue weighted by molar-refractivity contribution is 5.96. The fraction of sp³-hybridized carbons (Fsp3) is 0.529. The van der Waals surface area contributed by atoms with Crippen LogP contribution in [0.4, 0.5) is 5.69 Å². The molecule has 0 spiro atoms. The molecule has 0 unspecified atom stereocenters. The molecule has 2 N–H and O–H groups in total. The van der Waals surface area contributed by atoms with Crippen molar-refractivity contribution in [2.45, 2.75) is 33.6 Å². The molecule has 5 heteroatoms. The van der Waals surface area contributed by atoms with Gasteiger partial charge in [-0.2, -0.15) is 0 Å². The minimum atomic E-state index is -0.0838. The van der Waals surface area contributed by atoms with Gasteiger partial charge in [-0.3, -0.25) is 9.59 Å². The molecule has 0 radical (unpaired) electrons. The zero-order valence-electron chi connectivity index (χ0n) is 13.8. The summed E-state index contributed by atoms with van der Waals surface area (Å²) in [4.78, 5) is 25.9. The molecule has 0 saturated carbocycles. The summed E-state index contributed by atoms with van der Waals surface area (Å²) in [5.41, 5.74) is 1.36. The average Bonchev–Trinajstić information content (AvgIpc) is 2.53. The molecule has 1 aromatic carbocycles. The summed E-state index contributed by atoms with van der Waals surface area (Å²) in [6, 6.07) is 7.08. The van der Waals surface area contributed by atoms with Gasteiger partial charge in [-0.1, -0.05) is 20.8 Å². The molecule has 0 bridgehead atoms. The van der Waals surface area contributed by atoms with E-state index in [0.29, 0.717) is 11.3 Å². The van der Waals surface area contributed by atoms with Crippen LogP contribution in [0.2, 0.25) is 0 Å². The number of carbonyl (C=O) groups is 2. The molecule has 0 aliphatic carbocycles. The smallest absolute Gasteiger partial charge is 0.253 e. The van der Waals surface area contributed by atoms with Crippen LogP contribution in [0.5, 0.6) is 0 Å². The molecule has 0 aliphatic rings. The van der Waals surface area contributed by atoms with Crippen molar-refractivity contribution in [1.29, 1.82) is 0 Å². The highest BCUT2D eigenvalue weighted by Gasteiger charge is 2.14. The van der Waals surface area contributed by atoms with Gasteiger partial charge in [0.2, 0.25) is 5.91 Å². The first-order valence-corrected chi connectivity index (χ1v) is 8.02. The van der Waals surface area contributed by atoms with Gasteiger partial charge in [0, 0.05) is 24.3 Å². The molecular formula is C17H27N3O2. The van der Waals surface area contributed by atoms with Crippen LogP contribution in [0, 0.1) is 0 Å². The highest BCUT2D eigenvalue weighted by Crippen LogP contribution is 2.12. The molecule has 1 rings (SSSR count). The molecule has 122 valence electrons. The number of benzene rings is 1. The number of hydrogen-bond donors (Lipinski definition) is 2. The third-order valence-corrected chi connectivity index (χ3v) is 3.23. The first-order chi connectivity index (χ1) is 10.6. The van der Waals surface area contributed by atoms with E-state index in [0.717, 1.165) is 32.5 Å². The lowest BCUT2D eigenvalue weighted by Gasteiger charge is -2.21. The number of anilines is 1. The summed E-state index contributed by atoms with van der Waals surface area (Å²) < 4.78 is 0. The van der Waals surface area contributed by atoms with Gasteiger partial charge in [-0.15, -0.1) is 0 Å². The Balaban J connectivity index is 2.66. The normalized spacial score (nSPS) is 10.3. The zero-order valence-corrected chi connectivity index (χ0v) is 13.8.